The van der Waals surface area contributed by atoms with Gasteiger partial charge >= 0.3 is 0 Å². The number of hydrogen-bond donors (Lipinski definition) is 2. The van der Waals surface area contributed by atoms with Gasteiger partial charge in [0.05, 0.1) is 6.04 Å². The van der Waals surface area contributed by atoms with Crippen LogP contribution in [0.4, 0.5) is 0 Å². The van der Waals surface area contributed by atoms with Crippen LogP contribution in [0, 0.1) is 0 Å². The molecule has 2 rings (SSSR count). The highest BCUT2D eigenvalue weighted by molar-refractivity contribution is 7.99. The zero-order valence-electron chi connectivity index (χ0n) is 17.2. The third-order valence-electron chi connectivity index (χ3n) is 5.26. The average Bonchev–Trinajstić information content (AvgIpc) is 2.70. The van der Waals surface area contributed by atoms with Crippen molar-refractivity contribution in [1.82, 2.24) is 10.2 Å². The van der Waals surface area contributed by atoms with Crippen LogP contribution in [0.1, 0.15) is 67.3 Å². The van der Waals surface area contributed by atoms with Crippen LogP contribution in [-0.2, 0) is 16.1 Å². The number of imide groups is 1. The Morgan fingerprint density at radius 1 is 1.17 bits per heavy atom. The van der Waals surface area contributed by atoms with E-state index in [2.05, 4.69) is 24.0 Å². The SMILES string of the molecule is CN(Cc1c(C=O)cccc1SCCCCCCCCS)C1CCC(=O)NC1=O. The molecule has 1 aromatic rings. The molecule has 0 aliphatic carbocycles. The van der Waals surface area contributed by atoms with E-state index in [1.807, 2.05) is 24.1 Å². The van der Waals surface area contributed by atoms with Crippen LogP contribution in [0.5, 0.6) is 0 Å². The lowest BCUT2D eigenvalue weighted by molar-refractivity contribution is -0.137. The van der Waals surface area contributed by atoms with Crippen molar-refractivity contribution in [1.29, 1.82) is 0 Å². The molecule has 0 aromatic heterocycles. The Bertz CT molecular complexity index is 697. The summed E-state index contributed by atoms with van der Waals surface area (Å²) in [6.45, 7) is 0.507. The summed E-state index contributed by atoms with van der Waals surface area (Å²) in [5, 5.41) is 2.41. The molecular weight excluding hydrogens is 404 g/mol. The summed E-state index contributed by atoms with van der Waals surface area (Å²) in [6, 6.07) is 5.45. The van der Waals surface area contributed by atoms with E-state index in [1.165, 1.54) is 32.1 Å². The first kappa shape index (κ1) is 24.0. The molecule has 1 aliphatic heterocycles. The number of piperidine rings is 1. The maximum atomic E-state index is 12.2. The van der Waals surface area contributed by atoms with E-state index in [-0.39, 0.29) is 17.9 Å². The van der Waals surface area contributed by atoms with Gasteiger partial charge in [0.25, 0.3) is 0 Å². The lowest BCUT2D eigenvalue weighted by atomic mass is 10.0. The zero-order chi connectivity index (χ0) is 21.1. The number of carbonyl (C=O) groups excluding carboxylic acids is 3. The van der Waals surface area contributed by atoms with Gasteiger partial charge in [-0.1, -0.05) is 37.8 Å². The van der Waals surface area contributed by atoms with Crippen LogP contribution >= 0.6 is 24.4 Å². The first-order valence-electron chi connectivity index (χ1n) is 10.4. The molecule has 0 bridgehead atoms. The molecular formula is C22H32N2O3S2. The molecule has 1 N–H and O–H groups in total. The minimum Gasteiger partial charge on any atom is -0.298 e. The van der Waals surface area contributed by atoms with Gasteiger partial charge in [-0.15, -0.1) is 11.8 Å². The Labute approximate surface area is 183 Å². The molecule has 1 saturated heterocycles. The second kappa shape index (κ2) is 13.1. The quantitative estimate of drug-likeness (QED) is 0.160. The highest BCUT2D eigenvalue weighted by atomic mass is 32.2. The first-order valence-corrected chi connectivity index (χ1v) is 12.0. The largest absolute Gasteiger partial charge is 0.298 e. The van der Waals surface area contributed by atoms with Gasteiger partial charge in [-0.2, -0.15) is 12.6 Å². The van der Waals surface area contributed by atoms with E-state index < -0.39 is 0 Å². The second-order valence-electron chi connectivity index (χ2n) is 7.52. The molecule has 1 fully saturated rings. The van der Waals surface area contributed by atoms with E-state index in [1.54, 1.807) is 11.8 Å². The Kier molecular flexibility index (Phi) is 10.8. The number of rotatable bonds is 13. The smallest absolute Gasteiger partial charge is 0.243 e. The van der Waals surface area contributed by atoms with Crippen LogP contribution in [0.2, 0.25) is 0 Å². The molecule has 1 heterocycles. The van der Waals surface area contributed by atoms with E-state index in [4.69, 9.17) is 0 Å². The molecule has 160 valence electrons. The van der Waals surface area contributed by atoms with E-state index >= 15 is 0 Å². The Hall–Kier alpha value is -1.31. The van der Waals surface area contributed by atoms with Crippen molar-refractivity contribution in [3.05, 3.63) is 29.3 Å². The summed E-state index contributed by atoms with van der Waals surface area (Å²) < 4.78 is 0. The van der Waals surface area contributed by atoms with Gasteiger partial charge in [0.1, 0.15) is 6.29 Å². The molecule has 0 radical (unpaired) electrons. The number of nitrogens with one attached hydrogen (secondary N) is 1. The van der Waals surface area contributed by atoms with Crippen LogP contribution in [0.3, 0.4) is 0 Å². The molecule has 1 aliphatic rings. The summed E-state index contributed by atoms with van der Waals surface area (Å²) in [6.07, 6.45) is 9.11. The monoisotopic (exact) mass is 436 g/mol. The molecule has 1 aromatic carbocycles. The van der Waals surface area contributed by atoms with Gasteiger partial charge in [0.15, 0.2) is 0 Å². The molecule has 5 nitrogen and oxygen atoms in total. The van der Waals surface area contributed by atoms with Crippen LogP contribution in [-0.4, -0.2) is 47.6 Å². The molecule has 29 heavy (non-hydrogen) atoms. The van der Waals surface area contributed by atoms with Gasteiger partial charge in [-0.25, -0.2) is 0 Å². The van der Waals surface area contributed by atoms with Crippen LogP contribution < -0.4 is 5.32 Å². The molecule has 7 heteroatoms. The topological polar surface area (TPSA) is 66.5 Å². The fourth-order valence-corrected chi connectivity index (χ4v) is 4.89. The lowest BCUT2D eigenvalue weighted by Crippen LogP contribution is -2.51. The van der Waals surface area contributed by atoms with Crippen molar-refractivity contribution in [2.45, 2.75) is 68.8 Å². The van der Waals surface area contributed by atoms with Crippen molar-refractivity contribution < 1.29 is 14.4 Å². The highest BCUT2D eigenvalue weighted by Crippen LogP contribution is 2.28. The van der Waals surface area contributed by atoms with Crippen molar-refractivity contribution >= 4 is 42.5 Å². The number of nitrogens with zero attached hydrogens (tertiary/aromatic N) is 1. The number of unbranched alkanes of at least 4 members (excludes halogenated alkanes) is 5. The standard InChI is InChI=1S/C22H32N2O3S2/c1-24(19-11-12-21(26)23-22(19)27)15-18-17(16-25)9-8-10-20(18)29-14-7-5-3-2-4-6-13-28/h8-10,16,19,28H,2-7,11-15H2,1H3,(H,23,26,27). The van der Waals surface area contributed by atoms with Gasteiger partial charge in [-0.05, 0) is 49.4 Å². The van der Waals surface area contributed by atoms with Gasteiger partial charge < -0.3 is 0 Å². The highest BCUT2D eigenvalue weighted by Gasteiger charge is 2.30. The van der Waals surface area contributed by atoms with E-state index in [0.29, 0.717) is 24.9 Å². The Morgan fingerprint density at radius 3 is 2.59 bits per heavy atom. The summed E-state index contributed by atoms with van der Waals surface area (Å²) in [5.41, 5.74) is 1.63. The fourth-order valence-electron chi connectivity index (χ4n) is 3.56. The average molecular weight is 437 g/mol. The Balaban J connectivity index is 1.92. The number of amides is 2. The maximum absolute atomic E-state index is 12.2. The predicted octanol–water partition coefficient (Wildman–Crippen LogP) is 4.10. The van der Waals surface area contributed by atoms with Gasteiger partial charge in [-0.3, -0.25) is 24.6 Å². The summed E-state index contributed by atoms with van der Waals surface area (Å²) in [5.74, 6) is 1.53. The number of benzene rings is 1. The van der Waals surface area contributed by atoms with Crippen molar-refractivity contribution in [3.8, 4) is 0 Å². The maximum Gasteiger partial charge on any atom is 0.243 e. The molecule has 1 unspecified atom stereocenters. The molecule has 0 saturated carbocycles. The predicted molar refractivity (Wildman–Crippen MR) is 122 cm³/mol. The number of thiol groups is 1. The number of likely N-dealkylation sites (N-methyl/N-ethyl adjacent to an activating group) is 1. The third kappa shape index (κ3) is 7.79. The van der Waals surface area contributed by atoms with Gasteiger partial charge in [0, 0.05) is 23.4 Å². The lowest BCUT2D eigenvalue weighted by Gasteiger charge is -2.30. The fraction of sp³-hybridized carbons (Fsp3) is 0.591. The number of carbonyl (C=O) groups is 3. The van der Waals surface area contributed by atoms with Crippen molar-refractivity contribution in [2.75, 3.05) is 18.6 Å². The van der Waals surface area contributed by atoms with Crippen molar-refractivity contribution in [3.63, 3.8) is 0 Å². The first-order chi connectivity index (χ1) is 14.1. The summed E-state index contributed by atoms with van der Waals surface area (Å²) in [4.78, 5) is 38.2. The van der Waals surface area contributed by atoms with E-state index in [9.17, 15) is 14.4 Å². The molecule has 1 atom stereocenters. The van der Waals surface area contributed by atoms with Crippen molar-refractivity contribution in [2.24, 2.45) is 0 Å². The number of aldehydes is 1. The second-order valence-corrected chi connectivity index (χ2v) is 9.10. The van der Waals surface area contributed by atoms with Gasteiger partial charge in [0.2, 0.25) is 11.8 Å². The normalized spacial score (nSPS) is 16.9. The number of thioether (sulfide) groups is 1. The molecule has 2 amide bonds. The molecule has 0 spiro atoms. The summed E-state index contributed by atoms with van der Waals surface area (Å²) in [7, 11) is 1.88. The summed E-state index contributed by atoms with van der Waals surface area (Å²) >= 11 is 6.03. The minimum absolute atomic E-state index is 0.213. The van der Waals surface area contributed by atoms with Crippen LogP contribution in [0.15, 0.2) is 23.1 Å². The third-order valence-corrected chi connectivity index (χ3v) is 6.76. The Morgan fingerprint density at radius 2 is 1.90 bits per heavy atom. The minimum atomic E-state index is -0.345. The number of hydrogen-bond acceptors (Lipinski definition) is 6. The van der Waals surface area contributed by atoms with Crippen LogP contribution in [0.25, 0.3) is 0 Å². The van der Waals surface area contributed by atoms with E-state index in [0.717, 1.165) is 34.7 Å². The zero-order valence-corrected chi connectivity index (χ0v) is 18.9.